The first-order chi connectivity index (χ1) is 16.1. The van der Waals surface area contributed by atoms with Gasteiger partial charge in [-0.05, 0) is 40.6 Å². The lowest BCUT2D eigenvalue weighted by molar-refractivity contribution is -0.384. The van der Waals surface area contributed by atoms with E-state index in [0.29, 0.717) is 12.2 Å². The minimum atomic E-state index is -0.577. The summed E-state index contributed by atoms with van der Waals surface area (Å²) in [5.74, 6) is 0. The Kier molecular flexibility index (Phi) is 5.46. The average molecular weight is 439 g/mol. The summed E-state index contributed by atoms with van der Waals surface area (Å²) in [7, 11) is 0. The summed E-state index contributed by atoms with van der Waals surface area (Å²) in [6.07, 6.45) is -0.981. The molecule has 1 fully saturated rings. The summed E-state index contributed by atoms with van der Waals surface area (Å²) in [5.41, 5.74) is 2.35. The summed E-state index contributed by atoms with van der Waals surface area (Å²) >= 11 is 0. The molecule has 0 aliphatic carbocycles. The first-order valence-corrected chi connectivity index (χ1v) is 10.6. The number of anilines is 1. The number of nitrogens with zero attached hydrogens (tertiary/aromatic N) is 2. The maximum absolute atomic E-state index is 13.3. The molecule has 1 N–H and O–H groups in total. The van der Waals surface area contributed by atoms with Crippen molar-refractivity contribution in [1.82, 2.24) is 4.90 Å². The predicted octanol–water partition coefficient (Wildman–Crippen LogP) is 6.05. The molecule has 5 rings (SSSR count). The molecule has 0 bridgehead atoms. The maximum Gasteiger partial charge on any atom is 0.324 e. The summed E-state index contributed by atoms with van der Waals surface area (Å²) in [4.78, 5) is 25.5. The quantitative estimate of drug-likeness (QED) is 0.310. The lowest BCUT2D eigenvalue weighted by Gasteiger charge is -2.23. The van der Waals surface area contributed by atoms with Gasteiger partial charge in [-0.25, -0.2) is 4.79 Å². The maximum atomic E-state index is 13.3. The summed E-state index contributed by atoms with van der Waals surface area (Å²) in [6.45, 7) is 0.316. The number of non-ortho nitro benzene ring substituents is 1. The van der Waals surface area contributed by atoms with Crippen molar-refractivity contribution in [2.45, 2.75) is 12.3 Å². The third kappa shape index (κ3) is 4.26. The third-order valence-electron chi connectivity index (χ3n) is 5.76. The Balaban J connectivity index is 1.41. The van der Waals surface area contributed by atoms with Gasteiger partial charge in [0.05, 0.1) is 11.5 Å². The molecule has 4 aromatic carbocycles. The minimum absolute atomic E-state index is 0.0160. The van der Waals surface area contributed by atoms with E-state index in [1.807, 2.05) is 72.8 Å². The molecule has 2 atom stereocenters. The van der Waals surface area contributed by atoms with Crippen LogP contribution in [0.1, 0.15) is 23.5 Å². The molecule has 0 aromatic heterocycles. The third-order valence-corrected chi connectivity index (χ3v) is 5.76. The van der Waals surface area contributed by atoms with E-state index in [9.17, 15) is 14.9 Å². The molecule has 7 nitrogen and oxygen atoms in total. The Morgan fingerprint density at radius 2 is 1.58 bits per heavy atom. The number of fused-ring (bicyclic) bond motifs is 1. The van der Waals surface area contributed by atoms with Crippen molar-refractivity contribution in [1.29, 1.82) is 0 Å². The number of benzene rings is 4. The van der Waals surface area contributed by atoms with E-state index >= 15 is 0 Å². The summed E-state index contributed by atoms with van der Waals surface area (Å²) in [5, 5.41) is 16.1. The zero-order valence-electron chi connectivity index (χ0n) is 17.6. The van der Waals surface area contributed by atoms with E-state index in [-0.39, 0.29) is 11.7 Å². The number of nitro benzene ring substituents is 1. The molecule has 1 aliphatic rings. The van der Waals surface area contributed by atoms with Gasteiger partial charge in [0.2, 0.25) is 0 Å². The van der Waals surface area contributed by atoms with E-state index in [1.165, 1.54) is 12.1 Å². The van der Waals surface area contributed by atoms with Gasteiger partial charge < -0.3 is 10.1 Å². The number of amides is 2. The van der Waals surface area contributed by atoms with Crippen LogP contribution in [-0.2, 0) is 4.74 Å². The fourth-order valence-corrected chi connectivity index (χ4v) is 4.07. The predicted molar refractivity (Wildman–Crippen MR) is 126 cm³/mol. The molecule has 1 saturated heterocycles. The molecule has 7 heteroatoms. The van der Waals surface area contributed by atoms with Gasteiger partial charge >= 0.3 is 6.03 Å². The van der Waals surface area contributed by atoms with E-state index in [1.54, 1.807) is 17.0 Å². The molecular formula is C26H21N3O4. The van der Waals surface area contributed by atoms with Gasteiger partial charge in [-0.2, -0.15) is 0 Å². The second-order valence-corrected chi connectivity index (χ2v) is 7.88. The van der Waals surface area contributed by atoms with Gasteiger partial charge in [-0.3, -0.25) is 15.0 Å². The first-order valence-electron chi connectivity index (χ1n) is 10.6. The van der Waals surface area contributed by atoms with Crippen LogP contribution in [0.5, 0.6) is 0 Å². The van der Waals surface area contributed by atoms with Crippen LogP contribution in [0.25, 0.3) is 10.8 Å². The van der Waals surface area contributed by atoms with Gasteiger partial charge in [0.25, 0.3) is 5.69 Å². The van der Waals surface area contributed by atoms with E-state index < -0.39 is 17.3 Å². The fourth-order valence-electron chi connectivity index (χ4n) is 4.07. The van der Waals surface area contributed by atoms with E-state index in [4.69, 9.17) is 4.74 Å². The van der Waals surface area contributed by atoms with Crippen molar-refractivity contribution in [3.8, 4) is 0 Å². The van der Waals surface area contributed by atoms with Crippen LogP contribution in [0.2, 0.25) is 0 Å². The average Bonchev–Trinajstić information content (AvgIpc) is 3.30. The second-order valence-electron chi connectivity index (χ2n) is 7.88. The monoisotopic (exact) mass is 439 g/mol. The number of hydrogen-bond donors (Lipinski definition) is 1. The van der Waals surface area contributed by atoms with Crippen LogP contribution in [0.15, 0.2) is 97.1 Å². The van der Waals surface area contributed by atoms with Crippen molar-refractivity contribution in [2.75, 3.05) is 11.9 Å². The van der Waals surface area contributed by atoms with Crippen LogP contribution in [0.3, 0.4) is 0 Å². The normalized spacial score (nSPS) is 17.8. The largest absolute Gasteiger partial charge is 0.344 e. The Hall–Kier alpha value is -4.23. The number of urea groups is 1. The molecule has 0 spiro atoms. The van der Waals surface area contributed by atoms with Gasteiger partial charge in [0, 0.05) is 23.4 Å². The molecule has 1 heterocycles. The highest BCUT2D eigenvalue weighted by molar-refractivity contribution is 5.93. The Morgan fingerprint density at radius 1 is 0.879 bits per heavy atom. The van der Waals surface area contributed by atoms with Crippen LogP contribution in [0, 0.1) is 10.1 Å². The van der Waals surface area contributed by atoms with Crippen LogP contribution < -0.4 is 5.32 Å². The molecule has 0 radical (unpaired) electrons. The van der Waals surface area contributed by atoms with Crippen molar-refractivity contribution in [2.24, 2.45) is 0 Å². The number of nitrogens with one attached hydrogen (secondary N) is 1. The Labute approximate surface area is 190 Å². The standard InChI is InChI=1S/C26H21N3O4/c30-26(27-22-13-10-18-6-4-5-9-21(18)16-22)28-17-24(19-11-14-23(15-12-19)29(31)32)33-25(28)20-7-2-1-3-8-20/h1-16,24-25H,17H2,(H,27,30). The molecule has 164 valence electrons. The number of rotatable bonds is 4. The molecular weight excluding hydrogens is 418 g/mol. The molecule has 2 amide bonds. The van der Waals surface area contributed by atoms with E-state index in [0.717, 1.165) is 21.9 Å². The SMILES string of the molecule is O=C(Nc1ccc2ccccc2c1)N1CC(c2ccc([N+](=O)[O-])cc2)OC1c1ccccc1. The summed E-state index contributed by atoms with van der Waals surface area (Å²) < 4.78 is 6.27. The topological polar surface area (TPSA) is 84.7 Å². The smallest absolute Gasteiger partial charge is 0.324 e. The van der Waals surface area contributed by atoms with Crippen LogP contribution in [0.4, 0.5) is 16.2 Å². The zero-order valence-corrected chi connectivity index (χ0v) is 17.6. The number of ether oxygens (including phenoxy) is 1. The Morgan fingerprint density at radius 3 is 2.30 bits per heavy atom. The van der Waals surface area contributed by atoms with E-state index in [2.05, 4.69) is 5.32 Å². The van der Waals surface area contributed by atoms with Crippen molar-refractivity contribution in [3.63, 3.8) is 0 Å². The van der Waals surface area contributed by atoms with Gasteiger partial charge in [-0.1, -0.05) is 60.7 Å². The van der Waals surface area contributed by atoms with Crippen LogP contribution in [-0.4, -0.2) is 22.4 Å². The minimum Gasteiger partial charge on any atom is -0.344 e. The highest BCUT2D eigenvalue weighted by atomic mass is 16.6. The highest BCUT2D eigenvalue weighted by Crippen LogP contribution is 2.38. The summed E-state index contributed by atoms with van der Waals surface area (Å²) in [6, 6.07) is 29.3. The second kappa shape index (κ2) is 8.72. The lowest BCUT2D eigenvalue weighted by atomic mass is 10.1. The fraction of sp³-hybridized carbons (Fsp3) is 0.115. The number of nitro groups is 1. The van der Waals surface area contributed by atoms with Gasteiger partial charge in [-0.15, -0.1) is 0 Å². The molecule has 4 aromatic rings. The van der Waals surface area contributed by atoms with Crippen LogP contribution >= 0.6 is 0 Å². The number of carbonyl (C=O) groups excluding carboxylic acids is 1. The zero-order chi connectivity index (χ0) is 22.8. The van der Waals surface area contributed by atoms with Gasteiger partial charge in [0.1, 0.15) is 6.10 Å². The molecule has 1 aliphatic heterocycles. The van der Waals surface area contributed by atoms with Gasteiger partial charge in [0.15, 0.2) is 6.23 Å². The Bertz CT molecular complexity index is 1310. The number of hydrogen-bond acceptors (Lipinski definition) is 4. The lowest BCUT2D eigenvalue weighted by Crippen LogP contribution is -2.35. The van der Waals surface area contributed by atoms with Crippen molar-refractivity contribution >= 4 is 28.2 Å². The molecule has 0 saturated carbocycles. The van der Waals surface area contributed by atoms with Crippen molar-refractivity contribution in [3.05, 3.63) is 118 Å². The first kappa shape index (κ1) is 20.7. The highest BCUT2D eigenvalue weighted by Gasteiger charge is 2.38. The number of carbonyl (C=O) groups is 1. The molecule has 2 unspecified atom stereocenters. The van der Waals surface area contributed by atoms with Crippen molar-refractivity contribution < 1.29 is 14.5 Å². The molecule has 33 heavy (non-hydrogen) atoms.